The predicted molar refractivity (Wildman–Crippen MR) is 84.4 cm³/mol. The zero-order chi connectivity index (χ0) is 14.2. The predicted octanol–water partition coefficient (Wildman–Crippen LogP) is 5.43. The van der Waals surface area contributed by atoms with Crippen LogP contribution in [0.2, 0.25) is 0 Å². The second kappa shape index (κ2) is 4.98. The third-order valence-corrected chi connectivity index (χ3v) is 3.92. The molecule has 0 saturated carbocycles. The van der Waals surface area contributed by atoms with Gasteiger partial charge >= 0.3 is 0 Å². The van der Waals surface area contributed by atoms with Crippen molar-refractivity contribution in [3.8, 4) is 17.2 Å². The van der Waals surface area contributed by atoms with Gasteiger partial charge in [0.05, 0.1) is 4.47 Å². The zero-order valence-corrected chi connectivity index (χ0v) is 13.0. The fourth-order valence-corrected chi connectivity index (χ4v) is 2.64. The lowest BCUT2D eigenvalue weighted by atomic mass is 10.0. The van der Waals surface area contributed by atoms with E-state index < -0.39 is 0 Å². The summed E-state index contributed by atoms with van der Waals surface area (Å²) in [5.74, 6) is 2.46. The Morgan fingerprint density at radius 1 is 1.05 bits per heavy atom. The van der Waals surface area contributed by atoms with Crippen LogP contribution in [0.5, 0.6) is 17.2 Å². The summed E-state index contributed by atoms with van der Waals surface area (Å²) in [6.07, 6.45) is 4.12. The van der Waals surface area contributed by atoms with Gasteiger partial charge in [0.2, 0.25) is 0 Å². The first-order valence-electron chi connectivity index (χ1n) is 6.49. The number of ether oxygens (including phenoxy) is 2. The first-order chi connectivity index (χ1) is 9.55. The topological polar surface area (TPSA) is 18.5 Å². The smallest absolute Gasteiger partial charge is 0.142 e. The molecule has 1 aliphatic heterocycles. The van der Waals surface area contributed by atoms with Crippen molar-refractivity contribution in [2.45, 2.75) is 19.4 Å². The van der Waals surface area contributed by atoms with E-state index in [-0.39, 0.29) is 5.60 Å². The molecule has 0 amide bonds. The molecule has 1 heterocycles. The van der Waals surface area contributed by atoms with Crippen LogP contribution in [0.15, 0.2) is 53.0 Å². The monoisotopic (exact) mass is 330 g/mol. The van der Waals surface area contributed by atoms with Crippen molar-refractivity contribution in [1.82, 2.24) is 0 Å². The Hall–Kier alpha value is -1.74. The number of rotatable bonds is 2. The van der Waals surface area contributed by atoms with Crippen LogP contribution >= 0.6 is 15.9 Å². The molecule has 2 nitrogen and oxygen atoms in total. The lowest BCUT2D eigenvalue weighted by molar-refractivity contribution is 0.158. The van der Waals surface area contributed by atoms with E-state index in [1.165, 1.54) is 0 Å². The van der Waals surface area contributed by atoms with Crippen LogP contribution in [0.25, 0.3) is 6.08 Å². The van der Waals surface area contributed by atoms with Gasteiger partial charge in [0.25, 0.3) is 0 Å². The van der Waals surface area contributed by atoms with Gasteiger partial charge in [-0.25, -0.2) is 0 Å². The van der Waals surface area contributed by atoms with Gasteiger partial charge in [0.1, 0.15) is 22.8 Å². The Bertz CT molecular complexity index is 660. The lowest BCUT2D eigenvalue weighted by Gasteiger charge is -2.28. The molecule has 0 N–H and O–H groups in total. The van der Waals surface area contributed by atoms with E-state index in [9.17, 15) is 0 Å². The van der Waals surface area contributed by atoms with Crippen LogP contribution in [0.1, 0.15) is 19.4 Å². The summed E-state index contributed by atoms with van der Waals surface area (Å²) in [5, 5.41) is 0. The van der Waals surface area contributed by atoms with E-state index in [1.54, 1.807) is 0 Å². The highest BCUT2D eigenvalue weighted by Gasteiger charge is 2.24. The van der Waals surface area contributed by atoms with Gasteiger partial charge in [-0.15, -0.1) is 0 Å². The van der Waals surface area contributed by atoms with Crippen LogP contribution in [-0.4, -0.2) is 5.60 Å². The van der Waals surface area contributed by atoms with Gasteiger partial charge in [0.15, 0.2) is 0 Å². The van der Waals surface area contributed by atoms with Crippen LogP contribution in [-0.2, 0) is 0 Å². The van der Waals surface area contributed by atoms with Crippen molar-refractivity contribution < 1.29 is 9.47 Å². The minimum absolute atomic E-state index is 0.270. The minimum Gasteiger partial charge on any atom is -0.483 e. The van der Waals surface area contributed by atoms with Crippen molar-refractivity contribution >= 4 is 22.0 Å². The number of para-hydroxylation sites is 1. The summed E-state index contributed by atoms with van der Waals surface area (Å²) in [7, 11) is 0. The Morgan fingerprint density at radius 2 is 1.80 bits per heavy atom. The van der Waals surface area contributed by atoms with E-state index in [0.717, 1.165) is 27.3 Å². The molecule has 0 bridgehead atoms. The van der Waals surface area contributed by atoms with E-state index in [4.69, 9.17) is 9.47 Å². The summed E-state index contributed by atoms with van der Waals surface area (Å²) >= 11 is 3.61. The molecule has 0 aliphatic carbocycles. The number of hydrogen-bond acceptors (Lipinski definition) is 2. The SMILES string of the molecule is CC1(C)C=Cc2c(ccc(Oc3ccccc3)c2Br)O1. The molecule has 0 unspecified atom stereocenters. The zero-order valence-electron chi connectivity index (χ0n) is 11.4. The van der Waals surface area contributed by atoms with Crippen molar-refractivity contribution in [1.29, 1.82) is 0 Å². The standard InChI is InChI=1S/C17H15BrO2/c1-17(2)11-10-13-14(20-17)8-9-15(16(13)18)19-12-6-4-3-5-7-12/h3-11H,1-2H3. The molecule has 0 atom stereocenters. The minimum atomic E-state index is -0.270. The van der Waals surface area contributed by atoms with Gasteiger partial charge in [0, 0.05) is 5.56 Å². The van der Waals surface area contributed by atoms with Gasteiger partial charge < -0.3 is 9.47 Å². The fraction of sp³-hybridized carbons (Fsp3) is 0.176. The molecular formula is C17H15BrO2. The molecular weight excluding hydrogens is 316 g/mol. The maximum absolute atomic E-state index is 5.93. The molecule has 3 heteroatoms. The molecule has 0 saturated heterocycles. The largest absolute Gasteiger partial charge is 0.483 e. The molecule has 3 rings (SSSR count). The van der Waals surface area contributed by atoms with Crippen LogP contribution in [0.3, 0.4) is 0 Å². The van der Waals surface area contributed by atoms with E-state index in [2.05, 4.69) is 22.0 Å². The number of hydrogen-bond donors (Lipinski definition) is 0. The number of halogens is 1. The average Bonchev–Trinajstić information content (AvgIpc) is 2.42. The third kappa shape index (κ3) is 2.59. The van der Waals surface area contributed by atoms with E-state index in [0.29, 0.717) is 0 Å². The first-order valence-corrected chi connectivity index (χ1v) is 7.28. The van der Waals surface area contributed by atoms with Crippen molar-refractivity contribution in [3.05, 3.63) is 58.6 Å². The van der Waals surface area contributed by atoms with Crippen LogP contribution in [0, 0.1) is 0 Å². The van der Waals surface area contributed by atoms with E-state index >= 15 is 0 Å². The molecule has 2 aromatic rings. The highest BCUT2D eigenvalue weighted by Crippen LogP contribution is 2.41. The molecule has 20 heavy (non-hydrogen) atoms. The highest BCUT2D eigenvalue weighted by molar-refractivity contribution is 9.10. The second-order valence-electron chi connectivity index (χ2n) is 5.24. The molecule has 0 aromatic heterocycles. The maximum atomic E-state index is 5.93. The van der Waals surface area contributed by atoms with Crippen molar-refractivity contribution in [2.24, 2.45) is 0 Å². The average molecular weight is 331 g/mol. The van der Waals surface area contributed by atoms with E-state index in [1.807, 2.05) is 62.4 Å². The molecule has 0 radical (unpaired) electrons. The summed E-state index contributed by atoms with van der Waals surface area (Å²) < 4.78 is 12.7. The number of benzene rings is 2. The highest BCUT2D eigenvalue weighted by atomic mass is 79.9. The Morgan fingerprint density at radius 3 is 2.55 bits per heavy atom. The summed E-state index contributed by atoms with van der Waals surface area (Å²) in [5.41, 5.74) is 0.742. The van der Waals surface area contributed by atoms with Crippen molar-refractivity contribution in [2.75, 3.05) is 0 Å². The molecule has 0 fully saturated rings. The normalized spacial score (nSPS) is 15.3. The third-order valence-electron chi connectivity index (χ3n) is 3.10. The Kier molecular flexibility index (Phi) is 3.30. The molecule has 2 aromatic carbocycles. The van der Waals surface area contributed by atoms with Gasteiger partial charge in [-0.3, -0.25) is 0 Å². The first kappa shape index (κ1) is 13.3. The fourth-order valence-electron chi connectivity index (χ4n) is 2.10. The molecule has 0 spiro atoms. The summed E-state index contributed by atoms with van der Waals surface area (Å²) in [6, 6.07) is 13.6. The second-order valence-corrected chi connectivity index (χ2v) is 6.04. The quantitative estimate of drug-likeness (QED) is 0.731. The van der Waals surface area contributed by atoms with Crippen LogP contribution < -0.4 is 9.47 Å². The Labute approximate surface area is 127 Å². The van der Waals surface area contributed by atoms with Gasteiger partial charge in [-0.1, -0.05) is 24.3 Å². The van der Waals surface area contributed by atoms with Gasteiger partial charge in [-0.2, -0.15) is 0 Å². The summed E-state index contributed by atoms with van der Waals surface area (Å²) in [4.78, 5) is 0. The molecule has 102 valence electrons. The number of fused-ring (bicyclic) bond motifs is 1. The van der Waals surface area contributed by atoms with Gasteiger partial charge in [-0.05, 0) is 60.1 Å². The summed E-state index contributed by atoms with van der Waals surface area (Å²) in [6.45, 7) is 4.07. The maximum Gasteiger partial charge on any atom is 0.142 e. The lowest BCUT2D eigenvalue weighted by Crippen LogP contribution is -2.27. The van der Waals surface area contributed by atoms with Crippen molar-refractivity contribution in [3.63, 3.8) is 0 Å². The molecule has 1 aliphatic rings. The van der Waals surface area contributed by atoms with Crippen LogP contribution in [0.4, 0.5) is 0 Å². The Balaban J connectivity index is 1.96.